The molecule has 49 heavy (non-hydrogen) atoms. The molecule has 1 aromatic heterocycles. The molecule has 6 aromatic carbocycles. The molecule has 0 amide bonds. The second-order valence-electron chi connectivity index (χ2n) is 13.1. The van der Waals surface area contributed by atoms with Gasteiger partial charge in [0.25, 0.3) is 0 Å². The predicted octanol–water partition coefficient (Wildman–Crippen LogP) is 11.4. The summed E-state index contributed by atoms with van der Waals surface area (Å²) >= 11 is 0. The fourth-order valence-corrected chi connectivity index (χ4v) is 7.46. The summed E-state index contributed by atoms with van der Waals surface area (Å²) in [6.45, 7) is 0. The summed E-state index contributed by atoms with van der Waals surface area (Å²) in [5, 5.41) is 2.33. The highest BCUT2D eigenvalue weighted by molar-refractivity contribution is 5.95. The van der Waals surface area contributed by atoms with Crippen LogP contribution in [0.2, 0.25) is 0 Å². The van der Waals surface area contributed by atoms with Gasteiger partial charge in [0.1, 0.15) is 0 Å². The highest BCUT2D eigenvalue weighted by atomic mass is 14.9. The lowest BCUT2D eigenvalue weighted by atomic mass is 9.86. The van der Waals surface area contributed by atoms with Gasteiger partial charge >= 0.3 is 0 Å². The van der Waals surface area contributed by atoms with Crippen molar-refractivity contribution in [2.45, 2.75) is 25.7 Å². The third-order valence-corrected chi connectivity index (χ3v) is 9.96. The van der Waals surface area contributed by atoms with Crippen molar-refractivity contribution in [1.82, 2.24) is 9.97 Å². The number of nitrogens with zero attached hydrogens (tertiary/aromatic N) is 3. The predicted molar refractivity (Wildman–Crippen MR) is 204 cm³/mol. The van der Waals surface area contributed by atoms with Gasteiger partial charge in [0, 0.05) is 22.9 Å². The van der Waals surface area contributed by atoms with E-state index in [2.05, 4.69) is 157 Å². The first-order valence-corrected chi connectivity index (χ1v) is 17.2. The molecule has 1 aliphatic carbocycles. The fraction of sp³-hybridized carbons (Fsp3) is 0.109. The van der Waals surface area contributed by atoms with Crippen LogP contribution in [-0.2, 0) is 19.3 Å². The van der Waals surface area contributed by atoms with Gasteiger partial charge < -0.3 is 0 Å². The summed E-state index contributed by atoms with van der Waals surface area (Å²) in [5.41, 5.74) is 14.0. The average molecular weight is 630 g/mol. The summed E-state index contributed by atoms with van der Waals surface area (Å²) in [6, 6.07) is 49.9. The number of allylic oxidation sites excluding steroid dienone is 1. The molecule has 0 spiro atoms. The lowest BCUT2D eigenvalue weighted by Gasteiger charge is -2.19. The number of aromatic nitrogens is 2. The van der Waals surface area contributed by atoms with Crippen molar-refractivity contribution in [3.8, 4) is 45.0 Å². The van der Waals surface area contributed by atoms with Crippen LogP contribution in [0.4, 0.5) is 5.69 Å². The van der Waals surface area contributed by atoms with Gasteiger partial charge in [0.05, 0.1) is 17.1 Å². The maximum absolute atomic E-state index is 5.24. The minimum absolute atomic E-state index is 0.499. The summed E-state index contributed by atoms with van der Waals surface area (Å²) in [7, 11) is 0. The third kappa shape index (κ3) is 5.78. The molecule has 1 atom stereocenters. The van der Waals surface area contributed by atoms with Crippen LogP contribution in [-0.4, -0.2) is 16.2 Å². The fourth-order valence-electron chi connectivity index (χ4n) is 7.46. The maximum Gasteiger partial charge on any atom is 0.161 e. The molecular weight excluding hydrogens is 595 g/mol. The Hall–Kier alpha value is -5.93. The summed E-state index contributed by atoms with van der Waals surface area (Å²) in [6.07, 6.45) is 10.7. The maximum atomic E-state index is 5.24. The van der Waals surface area contributed by atoms with Crippen molar-refractivity contribution in [3.63, 3.8) is 0 Å². The van der Waals surface area contributed by atoms with Gasteiger partial charge in [-0.3, -0.25) is 4.99 Å². The molecule has 1 unspecified atom stereocenters. The molecule has 3 heteroatoms. The zero-order valence-corrected chi connectivity index (χ0v) is 27.3. The Labute approximate surface area is 287 Å². The zero-order valence-electron chi connectivity index (χ0n) is 27.3. The molecule has 3 nitrogen and oxygen atoms in total. The Morgan fingerprint density at radius 3 is 2.31 bits per heavy atom. The van der Waals surface area contributed by atoms with Gasteiger partial charge in [-0.15, -0.1) is 0 Å². The number of rotatable bonds is 6. The Bertz CT molecular complexity index is 2390. The quantitative estimate of drug-likeness (QED) is 0.184. The minimum atomic E-state index is 0.499. The van der Waals surface area contributed by atoms with E-state index in [1.165, 1.54) is 38.8 Å². The van der Waals surface area contributed by atoms with Crippen molar-refractivity contribution < 1.29 is 0 Å². The number of fused-ring (bicyclic) bond motifs is 3. The zero-order chi connectivity index (χ0) is 32.6. The lowest BCUT2D eigenvalue weighted by Crippen LogP contribution is -2.09. The number of benzene rings is 6. The van der Waals surface area contributed by atoms with Gasteiger partial charge in [-0.25, -0.2) is 9.97 Å². The molecule has 0 fully saturated rings. The molecule has 2 heterocycles. The number of hydrogen-bond acceptors (Lipinski definition) is 3. The normalized spacial score (nSPS) is 14.8. The van der Waals surface area contributed by atoms with E-state index < -0.39 is 0 Å². The third-order valence-electron chi connectivity index (χ3n) is 9.96. The van der Waals surface area contributed by atoms with E-state index in [0.29, 0.717) is 5.92 Å². The number of aliphatic imine (C=N–C) groups is 1. The smallest absolute Gasteiger partial charge is 0.161 e. The van der Waals surface area contributed by atoms with Crippen LogP contribution >= 0.6 is 0 Å². The molecule has 0 bridgehead atoms. The second kappa shape index (κ2) is 12.6. The molecule has 234 valence electrons. The second-order valence-corrected chi connectivity index (χ2v) is 13.1. The van der Waals surface area contributed by atoms with E-state index in [0.717, 1.165) is 70.7 Å². The van der Waals surface area contributed by atoms with E-state index in [-0.39, 0.29) is 0 Å². The summed E-state index contributed by atoms with van der Waals surface area (Å²) in [4.78, 5) is 15.1. The van der Waals surface area contributed by atoms with E-state index in [1.54, 1.807) is 0 Å². The lowest BCUT2D eigenvalue weighted by molar-refractivity contribution is 0.639. The largest absolute Gasteiger partial charge is 0.261 e. The monoisotopic (exact) mass is 629 g/mol. The highest BCUT2D eigenvalue weighted by Gasteiger charge is 2.17. The SMILES string of the molecule is C1=CC(Cc2ccc(-c3cc(-c4cccc(-c5cccc6c5CCC=N6)c4)nc(-c4cccc5ccccc45)n3)cc2)Cc2ccccc21. The molecule has 2 aliphatic rings. The Morgan fingerprint density at radius 1 is 0.612 bits per heavy atom. The summed E-state index contributed by atoms with van der Waals surface area (Å²) in [5.74, 6) is 1.23. The number of hydrogen-bond donors (Lipinski definition) is 0. The first-order chi connectivity index (χ1) is 24.2. The van der Waals surface area contributed by atoms with Crippen LogP contribution in [0.15, 0.2) is 151 Å². The minimum Gasteiger partial charge on any atom is -0.261 e. The highest BCUT2D eigenvalue weighted by Crippen LogP contribution is 2.37. The molecule has 0 N–H and O–H groups in total. The Balaban J connectivity index is 1.11. The van der Waals surface area contributed by atoms with Crippen molar-refractivity contribution >= 4 is 28.8 Å². The topological polar surface area (TPSA) is 38.1 Å². The van der Waals surface area contributed by atoms with Crippen molar-refractivity contribution in [2.75, 3.05) is 0 Å². The molecular formula is C46H35N3. The van der Waals surface area contributed by atoms with Crippen LogP contribution < -0.4 is 0 Å². The van der Waals surface area contributed by atoms with Gasteiger partial charge in [-0.1, -0.05) is 133 Å². The average Bonchev–Trinajstić information content (AvgIpc) is 3.17. The van der Waals surface area contributed by atoms with Gasteiger partial charge in [0.15, 0.2) is 5.82 Å². The first-order valence-electron chi connectivity index (χ1n) is 17.2. The summed E-state index contributed by atoms with van der Waals surface area (Å²) < 4.78 is 0. The molecule has 7 aromatic rings. The Kier molecular flexibility index (Phi) is 7.51. The molecule has 0 radical (unpaired) electrons. The first kappa shape index (κ1) is 29.2. The molecule has 9 rings (SSSR count). The van der Waals surface area contributed by atoms with Gasteiger partial charge in [-0.05, 0) is 94.0 Å². The molecule has 0 saturated carbocycles. The van der Waals surface area contributed by atoms with E-state index in [4.69, 9.17) is 9.97 Å². The van der Waals surface area contributed by atoms with Crippen LogP contribution in [0.3, 0.4) is 0 Å². The van der Waals surface area contributed by atoms with Crippen molar-refractivity contribution in [2.24, 2.45) is 10.9 Å². The van der Waals surface area contributed by atoms with Crippen LogP contribution in [0.25, 0.3) is 61.9 Å². The van der Waals surface area contributed by atoms with Crippen molar-refractivity contribution in [3.05, 3.63) is 168 Å². The van der Waals surface area contributed by atoms with Crippen LogP contribution in [0, 0.1) is 5.92 Å². The standard InChI is InChI=1S/C46H35N3/c1-2-11-36-28-32(22-23-33(36)9-1)27-31-20-24-35(25-21-31)44-30-45(49-46(48-44)42-17-6-12-34-10-3-4-15-39(34)42)38-14-5-13-37(29-38)40-16-7-19-43-41(40)18-8-26-47-43/h1-7,9-17,19-26,29-30,32H,8,18,27-28H2. The van der Waals surface area contributed by atoms with E-state index >= 15 is 0 Å². The van der Waals surface area contributed by atoms with Crippen molar-refractivity contribution in [1.29, 1.82) is 0 Å². The Morgan fingerprint density at radius 2 is 1.37 bits per heavy atom. The van der Waals surface area contributed by atoms with E-state index in [9.17, 15) is 0 Å². The molecule has 0 saturated heterocycles. The van der Waals surface area contributed by atoms with Crippen LogP contribution in [0.1, 0.15) is 28.7 Å². The van der Waals surface area contributed by atoms with Gasteiger partial charge in [-0.2, -0.15) is 0 Å². The van der Waals surface area contributed by atoms with E-state index in [1.807, 2.05) is 6.21 Å². The van der Waals surface area contributed by atoms with Crippen LogP contribution in [0.5, 0.6) is 0 Å². The molecule has 1 aliphatic heterocycles. The van der Waals surface area contributed by atoms with Gasteiger partial charge in [0.2, 0.25) is 0 Å².